The highest BCUT2D eigenvalue weighted by Crippen LogP contribution is 2.33. The van der Waals surface area contributed by atoms with Gasteiger partial charge in [0.2, 0.25) is 0 Å². The van der Waals surface area contributed by atoms with Crippen LogP contribution in [0, 0.1) is 6.92 Å². The zero-order chi connectivity index (χ0) is 16.5. The Balaban J connectivity index is 0.00000182. The van der Waals surface area contributed by atoms with Gasteiger partial charge in [-0.15, -0.1) is 12.4 Å². The molecule has 0 bridgehead atoms. The number of fused-ring (bicyclic) bond motifs is 1. The van der Waals surface area contributed by atoms with E-state index in [-0.39, 0.29) is 12.4 Å². The van der Waals surface area contributed by atoms with Crippen molar-refractivity contribution in [2.75, 3.05) is 0 Å². The monoisotopic (exact) mass is 365 g/mol. The molecule has 0 atom stereocenters. The van der Waals surface area contributed by atoms with E-state index in [1.54, 1.807) is 0 Å². The smallest absolute Gasteiger partial charge is 0.0716 e. The molecule has 0 N–H and O–H groups in total. The number of hydrogen-bond donors (Lipinski definition) is 0. The second-order valence-corrected chi connectivity index (χ2v) is 6.39. The van der Waals surface area contributed by atoms with E-state index in [1.165, 1.54) is 11.1 Å². The molecule has 0 unspecified atom stereocenters. The summed E-state index contributed by atoms with van der Waals surface area (Å²) in [6.07, 6.45) is 0. The van der Waals surface area contributed by atoms with Gasteiger partial charge in [0.1, 0.15) is 0 Å². The fourth-order valence-corrected chi connectivity index (χ4v) is 3.10. The average Bonchev–Trinajstić information content (AvgIpc) is 2.62. The molecule has 0 fully saturated rings. The first-order valence-corrected chi connectivity index (χ1v) is 8.31. The maximum atomic E-state index is 6.22. The fraction of sp³-hybridized carbons (Fsp3) is 0.0455. The summed E-state index contributed by atoms with van der Waals surface area (Å²) in [6, 6.07) is 26.9. The van der Waals surface area contributed by atoms with Crippen LogP contribution in [-0.2, 0) is 0 Å². The highest BCUT2D eigenvalue weighted by Gasteiger charge is 2.10. The van der Waals surface area contributed by atoms with E-state index in [0.29, 0.717) is 0 Å². The third kappa shape index (κ3) is 3.53. The number of nitrogens with zero attached hydrogens (tertiary/aromatic N) is 1. The SMILES string of the molecule is Cc1ccc(-c2cc(-c3ccccc3)c3cc(Cl)ccc3n2)cc1.Cl. The van der Waals surface area contributed by atoms with Crippen LogP contribution < -0.4 is 0 Å². The van der Waals surface area contributed by atoms with Gasteiger partial charge in [-0.1, -0.05) is 71.8 Å². The summed E-state index contributed by atoms with van der Waals surface area (Å²) < 4.78 is 0. The molecule has 124 valence electrons. The van der Waals surface area contributed by atoms with Crippen molar-refractivity contribution in [2.24, 2.45) is 0 Å². The van der Waals surface area contributed by atoms with Crippen molar-refractivity contribution in [3.63, 3.8) is 0 Å². The van der Waals surface area contributed by atoms with Crippen LogP contribution in [0.4, 0.5) is 0 Å². The van der Waals surface area contributed by atoms with Crippen molar-refractivity contribution >= 4 is 34.9 Å². The van der Waals surface area contributed by atoms with Gasteiger partial charge in [-0.25, -0.2) is 4.98 Å². The zero-order valence-electron chi connectivity index (χ0n) is 13.7. The Morgan fingerprint density at radius 2 is 1.48 bits per heavy atom. The van der Waals surface area contributed by atoms with Gasteiger partial charge >= 0.3 is 0 Å². The number of pyridine rings is 1. The maximum Gasteiger partial charge on any atom is 0.0716 e. The van der Waals surface area contributed by atoms with Gasteiger partial charge in [0, 0.05) is 16.0 Å². The van der Waals surface area contributed by atoms with Gasteiger partial charge in [-0.2, -0.15) is 0 Å². The minimum absolute atomic E-state index is 0. The van der Waals surface area contributed by atoms with E-state index >= 15 is 0 Å². The molecule has 0 saturated heterocycles. The lowest BCUT2D eigenvalue weighted by Crippen LogP contribution is -1.90. The Bertz CT molecular complexity index is 1010. The molecule has 0 aliphatic heterocycles. The summed E-state index contributed by atoms with van der Waals surface area (Å²) in [5.74, 6) is 0. The van der Waals surface area contributed by atoms with Crippen molar-refractivity contribution in [1.29, 1.82) is 0 Å². The number of halogens is 2. The third-order valence-electron chi connectivity index (χ3n) is 4.20. The summed E-state index contributed by atoms with van der Waals surface area (Å²) >= 11 is 6.22. The highest BCUT2D eigenvalue weighted by molar-refractivity contribution is 6.31. The Labute approximate surface area is 158 Å². The van der Waals surface area contributed by atoms with Crippen molar-refractivity contribution in [3.05, 3.63) is 89.4 Å². The van der Waals surface area contributed by atoms with Gasteiger partial charge in [0.05, 0.1) is 11.2 Å². The highest BCUT2D eigenvalue weighted by atomic mass is 35.5. The van der Waals surface area contributed by atoms with Crippen LogP contribution in [0.25, 0.3) is 33.3 Å². The van der Waals surface area contributed by atoms with E-state index < -0.39 is 0 Å². The molecular formula is C22H17Cl2N. The van der Waals surface area contributed by atoms with Crippen LogP contribution in [0.5, 0.6) is 0 Å². The molecule has 0 radical (unpaired) electrons. The lowest BCUT2D eigenvalue weighted by Gasteiger charge is -2.11. The van der Waals surface area contributed by atoms with E-state index in [4.69, 9.17) is 16.6 Å². The van der Waals surface area contributed by atoms with E-state index in [1.807, 2.05) is 24.3 Å². The summed E-state index contributed by atoms with van der Waals surface area (Å²) in [6.45, 7) is 2.09. The van der Waals surface area contributed by atoms with Crippen LogP contribution >= 0.6 is 24.0 Å². The van der Waals surface area contributed by atoms with Crippen LogP contribution in [0.15, 0.2) is 78.9 Å². The van der Waals surface area contributed by atoms with Crippen LogP contribution in [0.2, 0.25) is 5.02 Å². The van der Waals surface area contributed by atoms with Crippen molar-refractivity contribution in [2.45, 2.75) is 6.92 Å². The van der Waals surface area contributed by atoms with E-state index in [9.17, 15) is 0 Å². The number of aromatic nitrogens is 1. The summed E-state index contributed by atoms with van der Waals surface area (Å²) in [5.41, 5.74) is 6.61. The van der Waals surface area contributed by atoms with Crippen molar-refractivity contribution in [3.8, 4) is 22.4 Å². The number of hydrogen-bond acceptors (Lipinski definition) is 1. The van der Waals surface area contributed by atoms with Crippen LogP contribution in [0.1, 0.15) is 5.56 Å². The maximum absolute atomic E-state index is 6.22. The standard InChI is InChI=1S/C22H16ClN.ClH/c1-15-7-9-17(10-8-15)22-14-19(16-5-3-2-4-6-16)20-13-18(23)11-12-21(20)24-22;/h2-14H,1H3;1H. The quantitative estimate of drug-likeness (QED) is 0.374. The van der Waals surface area contributed by atoms with E-state index in [0.717, 1.165) is 32.7 Å². The first-order chi connectivity index (χ1) is 11.7. The lowest BCUT2D eigenvalue weighted by molar-refractivity contribution is 1.38. The zero-order valence-corrected chi connectivity index (χ0v) is 15.3. The molecule has 1 heterocycles. The Morgan fingerprint density at radius 3 is 2.20 bits per heavy atom. The largest absolute Gasteiger partial charge is 0.248 e. The summed E-state index contributed by atoms with van der Waals surface area (Å²) in [5, 5.41) is 1.80. The molecule has 3 aromatic carbocycles. The molecule has 4 rings (SSSR count). The minimum atomic E-state index is 0. The average molecular weight is 366 g/mol. The molecule has 1 aromatic heterocycles. The molecule has 0 aliphatic carbocycles. The second kappa shape index (κ2) is 7.26. The van der Waals surface area contributed by atoms with Crippen LogP contribution in [-0.4, -0.2) is 4.98 Å². The van der Waals surface area contributed by atoms with Gasteiger partial charge in [-0.3, -0.25) is 0 Å². The molecule has 0 amide bonds. The molecule has 0 saturated carbocycles. The van der Waals surface area contributed by atoms with Gasteiger partial charge in [-0.05, 0) is 42.3 Å². The molecule has 1 nitrogen and oxygen atoms in total. The van der Waals surface area contributed by atoms with Crippen molar-refractivity contribution in [1.82, 2.24) is 4.98 Å². The predicted octanol–water partition coefficient (Wildman–Crippen LogP) is 6.95. The number of aryl methyl sites for hydroxylation is 1. The molecular weight excluding hydrogens is 349 g/mol. The lowest BCUT2D eigenvalue weighted by atomic mass is 9.98. The molecule has 4 aromatic rings. The van der Waals surface area contributed by atoms with Gasteiger partial charge in [0.25, 0.3) is 0 Å². The summed E-state index contributed by atoms with van der Waals surface area (Å²) in [7, 11) is 0. The normalized spacial score (nSPS) is 10.5. The third-order valence-corrected chi connectivity index (χ3v) is 4.44. The number of benzene rings is 3. The Hall–Kier alpha value is -2.35. The first kappa shape index (κ1) is 17.5. The Morgan fingerprint density at radius 1 is 0.760 bits per heavy atom. The molecule has 0 aliphatic rings. The Kier molecular flexibility index (Phi) is 5.08. The fourth-order valence-electron chi connectivity index (χ4n) is 2.93. The van der Waals surface area contributed by atoms with Crippen LogP contribution in [0.3, 0.4) is 0 Å². The van der Waals surface area contributed by atoms with Gasteiger partial charge in [0.15, 0.2) is 0 Å². The topological polar surface area (TPSA) is 12.9 Å². The molecule has 0 spiro atoms. The van der Waals surface area contributed by atoms with Crippen molar-refractivity contribution < 1.29 is 0 Å². The predicted molar refractivity (Wildman–Crippen MR) is 110 cm³/mol. The second-order valence-electron chi connectivity index (χ2n) is 5.95. The molecule has 3 heteroatoms. The van der Waals surface area contributed by atoms with E-state index in [2.05, 4.69) is 61.5 Å². The number of rotatable bonds is 2. The molecule has 25 heavy (non-hydrogen) atoms. The van der Waals surface area contributed by atoms with Gasteiger partial charge < -0.3 is 0 Å². The summed E-state index contributed by atoms with van der Waals surface area (Å²) in [4.78, 5) is 4.84. The first-order valence-electron chi connectivity index (χ1n) is 7.93. The minimum Gasteiger partial charge on any atom is -0.248 e.